The van der Waals surface area contributed by atoms with E-state index in [4.69, 9.17) is 22.8 Å². The van der Waals surface area contributed by atoms with Gasteiger partial charge < -0.3 is 15.5 Å². The Morgan fingerprint density at radius 2 is 1.12 bits per heavy atom. The number of hydrogen-bond acceptors (Lipinski definition) is 8. The minimum absolute atomic E-state index is 0.153. The maximum absolute atomic E-state index is 12.5. The lowest BCUT2D eigenvalue weighted by Gasteiger charge is -2.17. The summed E-state index contributed by atoms with van der Waals surface area (Å²) < 4.78 is 47.9. The zero-order valence-electron chi connectivity index (χ0n) is 24.0. The Labute approximate surface area is 253 Å². The summed E-state index contributed by atoms with van der Waals surface area (Å²) in [7, 11) is 5.98. The molecule has 0 atom stereocenters. The van der Waals surface area contributed by atoms with Gasteiger partial charge in [0, 0.05) is 71.8 Å². The van der Waals surface area contributed by atoms with Crippen molar-refractivity contribution in [2.75, 3.05) is 57.0 Å². The minimum atomic E-state index is -3.72. The quantitative estimate of drug-likeness (QED) is 0.178. The number of nitrogens with two attached hydrogens (primary N) is 1. The van der Waals surface area contributed by atoms with Crippen molar-refractivity contribution in [1.29, 1.82) is 0 Å². The average Bonchev–Trinajstić information content (AvgIpc) is 2.95. The lowest BCUT2D eigenvalue weighted by molar-refractivity contribution is 0.591. The van der Waals surface area contributed by atoms with Crippen LogP contribution in [0.3, 0.4) is 0 Å². The summed E-state index contributed by atoms with van der Waals surface area (Å²) in [6.45, 7) is 0.576. The molecular weight excluding hydrogens is 592 g/mol. The normalized spacial score (nSPS) is 10.9. The molecule has 42 heavy (non-hydrogen) atoms. The molecule has 0 unspecified atom stereocenters. The van der Waals surface area contributed by atoms with Crippen LogP contribution in [0.1, 0.15) is 0 Å². The molecule has 0 bridgehead atoms. The summed E-state index contributed by atoms with van der Waals surface area (Å²) in [6, 6.07) is 21.6. The SMILES string of the molecule is C#CCN.C#CCNCS(=O)(=O)c1cccc2c(N(C)C)cccc12.CN(C)c1cccc2c(S(=O)(=O)Cl)cccc12. The predicted molar refractivity (Wildman–Crippen MR) is 176 cm³/mol. The second-order valence-corrected chi connectivity index (χ2v) is 13.8. The van der Waals surface area contributed by atoms with E-state index in [1.54, 1.807) is 24.3 Å². The molecule has 0 spiro atoms. The summed E-state index contributed by atoms with van der Waals surface area (Å²) in [5, 5.41) is 5.91. The molecule has 4 aromatic rings. The molecule has 0 heterocycles. The fourth-order valence-electron chi connectivity index (χ4n) is 4.13. The van der Waals surface area contributed by atoms with Crippen molar-refractivity contribution in [1.82, 2.24) is 5.32 Å². The second-order valence-electron chi connectivity index (χ2n) is 9.28. The third-order valence-corrected chi connectivity index (χ3v) is 8.91. The first-order valence-corrected chi connectivity index (χ1v) is 16.6. The van der Waals surface area contributed by atoms with Gasteiger partial charge in [0.2, 0.25) is 0 Å². The van der Waals surface area contributed by atoms with E-state index in [0.717, 1.165) is 27.5 Å². The molecule has 4 rings (SSSR count). The first-order valence-electron chi connectivity index (χ1n) is 12.6. The van der Waals surface area contributed by atoms with Crippen LogP contribution in [0.15, 0.2) is 82.6 Å². The molecule has 0 amide bonds. The van der Waals surface area contributed by atoms with Crippen LogP contribution in [0.4, 0.5) is 11.4 Å². The Balaban J connectivity index is 0.000000265. The Bertz CT molecular complexity index is 1830. The molecule has 0 saturated heterocycles. The van der Waals surface area contributed by atoms with Gasteiger partial charge in [-0.05, 0) is 24.3 Å². The van der Waals surface area contributed by atoms with Crippen molar-refractivity contribution in [2.24, 2.45) is 5.73 Å². The minimum Gasteiger partial charge on any atom is -0.377 e. The highest BCUT2D eigenvalue weighted by Gasteiger charge is 2.18. The standard InChI is InChI=1S/C16H18N2O2S.C12H12ClNO2S.C3H5N/c1-4-11-17-12-21(19,20)16-10-6-7-13-14(16)8-5-9-15(13)18(2)3;1-14(2)11-7-3-6-10-9(11)5-4-8-12(10)17(13,15)16;1-2-3-4/h1,5-10,17H,11-12H2,2-3H3;3-8H,1-2H3;1H,3-4H2. The van der Waals surface area contributed by atoms with Crippen molar-refractivity contribution >= 4 is 62.5 Å². The molecule has 0 aromatic heterocycles. The van der Waals surface area contributed by atoms with Gasteiger partial charge in [-0.3, -0.25) is 5.32 Å². The monoisotopic (exact) mass is 626 g/mol. The molecule has 0 aliphatic rings. The highest BCUT2D eigenvalue weighted by molar-refractivity contribution is 8.14. The van der Waals surface area contributed by atoms with Crippen LogP contribution in [0.2, 0.25) is 0 Å². The van der Waals surface area contributed by atoms with Crippen molar-refractivity contribution in [2.45, 2.75) is 9.79 Å². The Morgan fingerprint density at radius 3 is 1.52 bits per heavy atom. The second kappa shape index (κ2) is 15.5. The van der Waals surface area contributed by atoms with Crippen molar-refractivity contribution in [3.05, 3.63) is 72.8 Å². The van der Waals surface area contributed by atoms with E-state index in [1.807, 2.05) is 80.5 Å². The van der Waals surface area contributed by atoms with Gasteiger partial charge in [0.05, 0.1) is 22.9 Å². The Morgan fingerprint density at radius 1 is 0.714 bits per heavy atom. The first-order chi connectivity index (χ1) is 19.8. The summed E-state index contributed by atoms with van der Waals surface area (Å²) in [5.41, 5.74) is 6.74. The number of nitrogens with zero attached hydrogens (tertiary/aromatic N) is 2. The number of hydrogen-bond donors (Lipinski definition) is 2. The van der Waals surface area contributed by atoms with Gasteiger partial charge in [0.25, 0.3) is 9.05 Å². The average molecular weight is 627 g/mol. The summed E-state index contributed by atoms with van der Waals surface area (Å²) in [4.78, 5) is 4.39. The molecule has 4 aromatic carbocycles. The Kier molecular flexibility index (Phi) is 12.7. The zero-order valence-corrected chi connectivity index (χ0v) is 26.4. The number of rotatable bonds is 7. The van der Waals surface area contributed by atoms with E-state index in [0.29, 0.717) is 16.8 Å². The number of benzene rings is 4. The number of nitrogens with one attached hydrogen (secondary N) is 1. The van der Waals surface area contributed by atoms with Crippen molar-refractivity contribution in [3.8, 4) is 24.7 Å². The van der Waals surface area contributed by atoms with Crippen LogP contribution in [-0.2, 0) is 18.9 Å². The molecule has 222 valence electrons. The third kappa shape index (κ3) is 8.86. The zero-order chi connectivity index (χ0) is 31.5. The smallest absolute Gasteiger partial charge is 0.261 e. The molecular formula is C31H35ClN4O4S2. The van der Waals surface area contributed by atoms with Crippen LogP contribution < -0.4 is 20.9 Å². The highest BCUT2D eigenvalue weighted by atomic mass is 35.7. The lowest BCUT2D eigenvalue weighted by Crippen LogP contribution is -2.23. The van der Waals surface area contributed by atoms with E-state index in [1.165, 1.54) is 6.07 Å². The molecule has 0 aliphatic heterocycles. The van der Waals surface area contributed by atoms with Gasteiger partial charge in [0.1, 0.15) is 5.88 Å². The fraction of sp³-hybridized carbons (Fsp3) is 0.226. The topological polar surface area (TPSA) is 113 Å². The van der Waals surface area contributed by atoms with Crippen LogP contribution in [0.5, 0.6) is 0 Å². The molecule has 0 aliphatic carbocycles. The van der Waals surface area contributed by atoms with Gasteiger partial charge in [-0.2, -0.15) is 0 Å². The van der Waals surface area contributed by atoms with E-state index < -0.39 is 18.9 Å². The maximum Gasteiger partial charge on any atom is 0.261 e. The number of fused-ring (bicyclic) bond motifs is 2. The van der Waals surface area contributed by atoms with E-state index in [-0.39, 0.29) is 17.3 Å². The number of anilines is 2. The lowest BCUT2D eigenvalue weighted by atomic mass is 10.1. The molecule has 8 nitrogen and oxygen atoms in total. The van der Waals surface area contributed by atoms with E-state index in [9.17, 15) is 16.8 Å². The van der Waals surface area contributed by atoms with E-state index >= 15 is 0 Å². The van der Waals surface area contributed by atoms with Gasteiger partial charge >= 0.3 is 0 Å². The summed E-state index contributed by atoms with van der Waals surface area (Å²) in [5.74, 6) is 4.41. The van der Waals surface area contributed by atoms with Gasteiger partial charge in [0.15, 0.2) is 9.84 Å². The molecule has 3 N–H and O–H groups in total. The van der Waals surface area contributed by atoms with Crippen LogP contribution in [-0.4, -0.2) is 64.0 Å². The number of terminal acetylenes is 2. The highest BCUT2D eigenvalue weighted by Crippen LogP contribution is 2.32. The summed E-state index contributed by atoms with van der Waals surface area (Å²) in [6.07, 6.45) is 9.78. The van der Waals surface area contributed by atoms with Gasteiger partial charge in [-0.25, -0.2) is 16.8 Å². The number of sulfone groups is 1. The molecule has 0 fully saturated rings. The van der Waals surface area contributed by atoms with Crippen molar-refractivity contribution in [3.63, 3.8) is 0 Å². The molecule has 11 heteroatoms. The maximum atomic E-state index is 12.5. The largest absolute Gasteiger partial charge is 0.377 e. The Hall–Kier alpha value is -3.77. The third-order valence-electron chi connectivity index (χ3n) is 5.92. The van der Waals surface area contributed by atoms with Crippen LogP contribution in [0.25, 0.3) is 21.5 Å². The predicted octanol–water partition coefficient (Wildman–Crippen LogP) is 4.27. The molecule has 0 radical (unpaired) electrons. The first kappa shape index (κ1) is 34.4. The van der Waals surface area contributed by atoms with Crippen LogP contribution in [0, 0.1) is 24.7 Å². The van der Waals surface area contributed by atoms with Crippen molar-refractivity contribution < 1.29 is 16.8 Å². The van der Waals surface area contributed by atoms with E-state index in [2.05, 4.69) is 23.6 Å². The van der Waals surface area contributed by atoms with Crippen LogP contribution >= 0.6 is 10.7 Å². The fourth-order valence-corrected chi connectivity index (χ4v) is 6.54. The van der Waals surface area contributed by atoms with Gasteiger partial charge in [-0.1, -0.05) is 60.4 Å². The summed E-state index contributed by atoms with van der Waals surface area (Å²) >= 11 is 0. The van der Waals surface area contributed by atoms with Gasteiger partial charge in [-0.15, -0.1) is 12.8 Å². The molecule has 0 saturated carbocycles. The number of halogens is 1.